The molecule has 2 aromatic rings. The Kier molecular flexibility index (Phi) is 13.0. The Balaban J connectivity index is 0.00000588. The highest BCUT2D eigenvalue weighted by atomic mass is 35.5. The van der Waals surface area contributed by atoms with Crippen LogP contribution in [-0.4, -0.2) is 57.3 Å². The van der Waals surface area contributed by atoms with E-state index in [0.29, 0.717) is 15.6 Å². The topological polar surface area (TPSA) is 134 Å². The molecule has 2 aromatic carbocycles. The van der Waals surface area contributed by atoms with Crippen molar-refractivity contribution in [3.8, 4) is 0 Å². The van der Waals surface area contributed by atoms with Gasteiger partial charge in [0.15, 0.2) is 12.2 Å². The Labute approximate surface area is 260 Å². The second kappa shape index (κ2) is 15.5. The Bertz CT molecular complexity index is 1220. The van der Waals surface area contributed by atoms with E-state index < -0.39 is 48.1 Å². The van der Waals surface area contributed by atoms with Crippen LogP contribution in [0.1, 0.15) is 43.6 Å². The van der Waals surface area contributed by atoms with Gasteiger partial charge in [0.05, 0.1) is 12.6 Å². The molecule has 0 saturated carbocycles. The molecule has 0 aromatic heterocycles. The minimum Gasteiger partial charge on any atom is -0.442 e. The maximum atomic E-state index is 13.4. The van der Waals surface area contributed by atoms with Crippen LogP contribution < -0.4 is 16.4 Å². The second-order valence-corrected chi connectivity index (χ2v) is 11.9. The van der Waals surface area contributed by atoms with Crippen molar-refractivity contribution >= 4 is 71.4 Å². The van der Waals surface area contributed by atoms with Gasteiger partial charge in [0.25, 0.3) is 5.91 Å². The lowest BCUT2D eigenvalue weighted by molar-refractivity contribution is -0.153. The monoisotopic (exact) mass is 645 g/mol. The van der Waals surface area contributed by atoms with E-state index in [4.69, 9.17) is 33.7 Å². The minimum atomic E-state index is -0.977. The molecule has 1 saturated heterocycles. The fourth-order valence-electron chi connectivity index (χ4n) is 3.62. The zero-order valence-electron chi connectivity index (χ0n) is 23.0. The summed E-state index contributed by atoms with van der Waals surface area (Å²) < 4.78 is 6.94. The van der Waals surface area contributed by atoms with Crippen LogP contribution in [0.3, 0.4) is 0 Å². The number of rotatable bonds is 11. The molecule has 224 valence electrons. The van der Waals surface area contributed by atoms with Crippen molar-refractivity contribution in [3.63, 3.8) is 0 Å². The number of carbonyl (C=O) groups is 4. The van der Waals surface area contributed by atoms with E-state index in [0.717, 1.165) is 17.5 Å². The summed E-state index contributed by atoms with van der Waals surface area (Å²) in [4.78, 5) is 53.0. The molecule has 3 rings (SSSR count). The predicted octanol–water partition coefficient (Wildman–Crippen LogP) is 4.64. The number of esters is 1. The molecule has 1 aliphatic heterocycles. The lowest BCUT2D eigenvalue weighted by Crippen LogP contribution is -2.53. The van der Waals surface area contributed by atoms with E-state index >= 15 is 0 Å². The first-order valence-electron chi connectivity index (χ1n) is 12.7. The third-order valence-corrected chi connectivity index (χ3v) is 7.77. The molecule has 3 atom stereocenters. The van der Waals surface area contributed by atoms with Crippen LogP contribution in [0, 0.1) is 11.8 Å². The summed E-state index contributed by atoms with van der Waals surface area (Å²) in [5.74, 6) is -2.07. The van der Waals surface area contributed by atoms with Gasteiger partial charge in [-0.15, -0.1) is 12.4 Å². The van der Waals surface area contributed by atoms with Gasteiger partial charge in [-0.2, -0.15) is 0 Å². The van der Waals surface area contributed by atoms with Crippen molar-refractivity contribution in [1.82, 2.24) is 19.8 Å². The van der Waals surface area contributed by atoms with Gasteiger partial charge in [0, 0.05) is 27.6 Å². The number of nitrogens with zero attached hydrogens (tertiary/aromatic N) is 2. The first kappa shape index (κ1) is 34.5. The van der Waals surface area contributed by atoms with Gasteiger partial charge < -0.3 is 21.1 Å². The number of urea groups is 1. The summed E-state index contributed by atoms with van der Waals surface area (Å²) in [6, 6.07) is 11.1. The Morgan fingerprint density at radius 1 is 0.976 bits per heavy atom. The molecule has 0 spiro atoms. The first-order valence-corrected chi connectivity index (χ1v) is 14.2. The van der Waals surface area contributed by atoms with Crippen molar-refractivity contribution in [3.05, 3.63) is 69.7 Å². The van der Waals surface area contributed by atoms with E-state index in [1.54, 1.807) is 76.2 Å². The summed E-state index contributed by atoms with van der Waals surface area (Å²) in [7, 11) is 0. The fraction of sp³-hybridized carbons (Fsp3) is 0.407. The number of halogens is 3. The molecule has 0 bridgehead atoms. The zero-order valence-corrected chi connectivity index (χ0v) is 26.2. The molecule has 1 fully saturated rings. The maximum Gasteiger partial charge on any atom is 0.335 e. The van der Waals surface area contributed by atoms with Crippen molar-refractivity contribution in [2.24, 2.45) is 17.6 Å². The summed E-state index contributed by atoms with van der Waals surface area (Å²) in [5, 5.41) is 6.49. The van der Waals surface area contributed by atoms with E-state index in [1.165, 1.54) is 9.21 Å². The number of nitrogens with two attached hydrogens (primary N) is 1. The molecule has 4 amide bonds. The lowest BCUT2D eigenvalue weighted by atomic mass is 10.0. The van der Waals surface area contributed by atoms with E-state index in [-0.39, 0.29) is 30.8 Å². The molecule has 1 heterocycles. The van der Waals surface area contributed by atoms with Crippen molar-refractivity contribution in [2.45, 2.75) is 51.8 Å². The zero-order chi connectivity index (χ0) is 29.6. The number of amides is 4. The van der Waals surface area contributed by atoms with Crippen LogP contribution >= 0.6 is 47.6 Å². The van der Waals surface area contributed by atoms with Gasteiger partial charge in [-0.05, 0) is 53.8 Å². The van der Waals surface area contributed by atoms with Crippen LogP contribution in [0.15, 0.2) is 48.5 Å². The van der Waals surface area contributed by atoms with Gasteiger partial charge in [-0.3, -0.25) is 18.8 Å². The molecule has 1 unspecified atom stereocenters. The van der Waals surface area contributed by atoms with Gasteiger partial charge in [-0.25, -0.2) is 9.59 Å². The van der Waals surface area contributed by atoms with Gasteiger partial charge in [0.2, 0.25) is 5.91 Å². The minimum absolute atomic E-state index is 0. The first-order chi connectivity index (χ1) is 18.9. The number of nitrogens with one attached hydrogen (secondary N) is 2. The highest BCUT2D eigenvalue weighted by molar-refractivity contribution is 7.98. The van der Waals surface area contributed by atoms with Crippen LogP contribution in [0.4, 0.5) is 4.79 Å². The van der Waals surface area contributed by atoms with Crippen molar-refractivity contribution < 1.29 is 23.9 Å². The second-order valence-electron chi connectivity index (χ2n) is 9.95. The van der Waals surface area contributed by atoms with Crippen LogP contribution in [0.5, 0.6) is 0 Å². The third-order valence-electron chi connectivity index (χ3n) is 6.15. The summed E-state index contributed by atoms with van der Waals surface area (Å²) in [6.07, 6.45) is 0. The molecule has 14 heteroatoms. The molecule has 10 nitrogen and oxygen atoms in total. The maximum absolute atomic E-state index is 13.4. The largest absolute Gasteiger partial charge is 0.442 e. The van der Waals surface area contributed by atoms with E-state index in [9.17, 15) is 19.2 Å². The summed E-state index contributed by atoms with van der Waals surface area (Å²) >= 11 is 13.0. The van der Waals surface area contributed by atoms with Crippen LogP contribution in [0.2, 0.25) is 10.0 Å². The molecular weight excluding hydrogens is 613 g/mol. The number of hydrogen-bond acceptors (Lipinski definition) is 7. The number of ether oxygens (including phenoxy) is 1. The highest BCUT2D eigenvalue weighted by Crippen LogP contribution is 2.32. The lowest BCUT2D eigenvalue weighted by Gasteiger charge is -2.26. The molecule has 0 radical (unpaired) electrons. The third kappa shape index (κ3) is 9.40. The normalized spacial score (nSPS) is 16.3. The fourth-order valence-corrected chi connectivity index (χ4v) is 4.96. The van der Waals surface area contributed by atoms with Gasteiger partial charge in [0.1, 0.15) is 6.04 Å². The van der Waals surface area contributed by atoms with Crippen LogP contribution in [-0.2, 0) is 20.9 Å². The molecule has 0 aliphatic carbocycles. The smallest absolute Gasteiger partial charge is 0.335 e. The number of carbonyl (C=O) groups excluding carboxylic acids is 4. The SMILES string of the molecule is CC(C)[C@@H](N)C(=O)N[C@@H](C(=O)OCN1C(=O)N(Cc2ccc(Cl)cc2)SC1NC(=O)c1ccc(Cl)cc1)C(C)C.Cl. The van der Waals surface area contributed by atoms with Crippen LogP contribution in [0.25, 0.3) is 0 Å². The van der Waals surface area contributed by atoms with Crippen molar-refractivity contribution in [1.29, 1.82) is 0 Å². The van der Waals surface area contributed by atoms with E-state index in [1.807, 2.05) is 0 Å². The highest BCUT2D eigenvalue weighted by Gasteiger charge is 2.41. The predicted molar refractivity (Wildman–Crippen MR) is 162 cm³/mol. The van der Waals surface area contributed by atoms with E-state index in [2.05, 4.69) is 10.6 Å². The average molecular weight is 647 g/mol. The summed E-state index contributed by atoms with van der Waals surface area (Å²) in [5.41, 5.74) is 6.21. The Hall–Kier alpha value is -2.70. The number of hydrogen-bond donors (Lipinski definition) is 3. The standard InChI is InChI=1S/C27H33Cl2N5O5S.ClH/c1-15(2)21(30)24(36)31-22(16(3)4)25(37)39-14-33-26(32-23(35)18-7-11-20(29)12-8-18)40-34(27(33)38)13-17-5-9-19(28)10-6-17;/h5-12,15-16,21-22,26H,13-14,30H2,1-4H3,(H,31,36)(H,32,35);1H/t21-,22-,26?;/m1./s1. The Morgan fingerprint density at radius 3 is 2.07 bits per heavy atom. The van der Waals surface area contributed by atoms with Crippen molar-refractivity contribution in [2.75, 3.05) is 6.73 Å². The molecule has 41 heavy (non-hydrogen) atoms. The Morgan fingerprint density at radius 2 is 1.54 bits per heavy atom. The molecular formula is C27H34Cl3N5O5S. The quantitative estimate of drug-likeness (QED) is 0.239. The molecule has 1 aliphatic rings. The van der Waals surface area contributed by atoms with Gasteiger partial charge in [-0.1, -0.05) is 63.0 Å². The summed E-state index contributed by atoms with van der Waals surface area (Å²) in [6.45, 7) is 6.88. The van der Waals surface area contributed by atoms with Gasteiger partial charge >= 0.3 is 12.0 Å². The molecule has 4 N–H and O–H groups in total. The average Bonchev–Trinajstić information content (AvgIpc) is 3.19. The number of benzene rings is 2.